The van der Waals surface area contributed by atoms with E-state index in [1.165, 1.54) is 6.07 Å². The molecule has 128 valence electrons. The van der Waals surface area contributed by atoms with E-state index in [0.717, 1.165) is 0 Å². The summed E-state index contributed by atoms with van der Waals surface area (Å²) in [7, 11) is 1.55. The molecule has 1 unspecified atom stereocenters. The molecule has 2 atom stereocenters. The molecule has 25 heavy (non-hydrogen) atoms. The van der Waals surface area contributed by atoms with E-state index in [9.17, 15) is 14.4 Å². The molecule has 0 saturated carbocycles. The van der Waals surface area contributed by atoms with Crippen LogP contribution in [0.5, 0.6) is 5.75 Å². The van der Waals surface area contributed by atoms with Gasteiger partial charge in [0.15, 0.2) is 0 Å². The number of esters is 1. The predicted octanol–water partition coefficient (Wildman–Crippen LogP) is 3.77. The van der Waals surface area contributed by atoms with Gasteiger partial charge in [-0.2, -0.15) is 5.26 Å². The zero-order valence-corrected chi connectivity index (χ0v) is 14.3. The third kappa shape index (κ3) is 2.45. The lowest BCUT2D eigenvalue weighted by Crippen LogP contribution is -2.43. The monoisotopic (exact) mass is 339 g/mol. The molecule has 3 rings (SSSR count). The van der Waals surface area contributed by atoms with Crippen molar-refractivity contribution in [3.63, 3.8) is 0 Å². The number of benzene rings is 2. The summed E-state index contributed by atoms with van der Waals surface area (Å²) in [4.78, 5) is 12.2. The Morgan fingerprint density at radius 2 is 1.84 bits per heavy atom. The molecule has 0 radical (unpaired) electrons. The molecule has 0 N–H and O–H groups in total. The Bertz CT molecular complexity index is 872. The van der Waals surface area contributed by atoms with Gasteiger partial charge in [0.05, 0.1) is 18.9 Å². The summed E-state index contributed by atoms with van der Waals surface area (Å²) in [5, 5.41) is 9.98. The van der Waals surface area contributed by atoms with Gasteiger partial charge in [-0.1, -0.05) is 24.3 Å². The van der Waals surface area contributed by atoms with Crippen LogP contribution in [-0.2, 0) is 20.5 Å². The van der Waals surface area contributed by atoms with Crippen LogP contribution in [0.15, 0.2) is 42.5 Å². The number of hydrogen-bond donors (Lipinski definition) is 0. The van der Waals surface area contributed by atoms with Gasteiger partial charge in [-0.05, 0) is 43.2 Å². The van der Waals surface area contributed by atoms with E-state index in [1.807, 2.05) is 0 Å². The highest BCUT2D eigenvalue weighted by Crippen LogP contribution is 2.52. The van der Waals surface area contributed by atoms with Gasteiger partial charge < -0.3 is 9.47 Å². The molecule has 1 aliphatic heterocycles. The lowest BCUT2D eigenvalue weighted by molar-refractivity contribution is -0.146. The lowest BCUT2D eigenvalue weighted by atomic mass is 9.66. The van der Waals surface area contributed by atoms with Crippen LogP contribution in [-0.4, -0.2) is 13.1 Å². The molecule has 1 saturated heterocycles. The van der Waals surface area contributed by atoms with Crippen LogP contribution in [0.2, 0.25) is 0 Å². The quantitative estimate of drug-likeness (QED) is 0.799. The molecular weight excluding hydrogens is 321 g/mol. The van der Waals surface area contributed by atoms with Gasteiger partial charge in [-0.25, -0.2) is 4.39 Å². The van der Waals surface area contributed by atoms with Crippen molar-refractivity contribution >= 4 is 5.97 Å². The SMILES string of the molecule is COc1ccc([C@]2(C#N)OC(=O)CC2(C)c2ccc(C)c(F)c2)cc1. The third-order valence-electron chi connectivity index (χ3n) is 5.00. The topological polar surface area (TPSA) is 59.3 Å². The molecule has 0 amide bonds. The number of ether oxygens (including phenoxy) is 2. The van der Waals surface area contributed by atoms with E-state index in [1.54, 1.807) is 57.4 Å². The number of carbonyl (C=O) groups excluding carboxylic acids is 1. The summed E-state index contributed by atoms with van der Waals surface area (Å²) in [6.45, 7) is 3.42. The van der Waals surface area contributed by atoms with Crippen LogP contribution in [0.25, 0.3) is 0 Å². The fourth-order valence-corrected chi connectivity index (χ4v) is 3.39. The zero-order chi connectivity index (χ0) is 18.2. The van der Waals surface area contributed by atoms with Crippen LogP contribution < -0.4 is 4.74 Å². The average Bonchev–Trinajstić information content (AvgIpc) is 2.89. The molecular formula is C20H18FNO3. The van der Waals surface area contributed by atoms with E-state index in [0.29, 0.717) is 22.4 Å². The Morgan fingerprint density at radius 3 is 2.40 bits per heavy atom. The summed E-state index contributed by atoms with van der Waals surface area (Å²) < 4.78 is 24.8. The highest BCUT2D eigenvalue weighted by Gasteiger charge is 2.60. The molecule has 0 aromatic heterocycles. The first-order valence-electron chi connectivity index (χ1n) is 7.90. The second-order valence-corrected chi connectivity index (χ2v) is 6.47. The van der Waals surface area contributed by atoms with Crippen LogP contribution in [0, 0.1) is 24.1 Å². The molecule has 2 aromatic rings. The maximum Gasteiger partial charge on any atom is 0.308 e. The van der Waals surface area contributed by atoms with E-state index in [2.05, 4.69) is 6.07 Å². The number of hydrogen-bond acceptors (Lipinski definition) is 4. The molecule has 1 aliphatic rings. The number of methoxy groups -OCH3 is 1. The smallest absolute Gasteiger partial charge is 0.308 e. The lowest BCUT2D eigenvalue weighted by Gasteiger charge is -2.36. The Labute approximate surface area is 145 Å². The minimum Gasteiger partial charge on any atom is -0.497 e. The van der Waals surface area contributed by atoms with Crippen LogP contribution in [0.3, 0.4) is 0 Å². The van der Waals surface area contributed by atoms with Gasteiger partial charge >= 0.3 is 5.97 Å². The number of cyclic esters (lactones) is 1. The van der Waals surface area contributed by atoms with E-state index in [4.69, 9.17) is 9.47 Å². The van der Waals surface area contributed by atoms with Gasteiger partial charge in [0.25, 0.3) is 0 Å². The van der Waals surface area contributed by atoms with Crippen molar-refractivity contribution in [2.75, 3.05) is 7.11 Å². The highest BCUT2D eigenvalue weighted by atomic mass is 19.1. The molecule has 2 aromatic carbocycles. The van der Waals surface area contributed by atoms with E-state index < -0.39 is 17.0 Å². The summed E-state index contributed by atoms with van der Waals surface area (Å²) in [6, 6.07) is 13.8. The van der Waals surface area contributed by atoms with Crippen molar-refractivity contribution < 1.29 is 18.7 Å². The standard InChI is InChI=1S/C20H18FNO3/c1-13-4-5-15(10-17(13)21)19(2)11-18(23)25-20(19,12-22)14-6-8-16(24-3)9-7-14/h4-10H,11H2,1-3H3/t19?,20-/m0/s1. The molecule has 1 fully saturated rings. The Hall–Kier alpha value is -2.87. The van der Waals surface area contributed by atoms with Crippen molar-refractivity contribution in [1.82, 2.24) is 0 Å². The summed E-state index contributed by atoms with van der Waals surface area (Å²) in [5.41, 5.74) is -0.950. The number of halogens is 1. The van der Waals surface area contributed by atoms with Gasteiger partial charge in [0.1, 0.15) is 17.6 Å². The average molecular weight is 339 g/mol. The van der Waals surface area contributed by atoms with Crippen LogP contribution in [0.1, 0.15) is 30.0 Å². The zero-order valence-electron chi connectivity index (χ0n) is 14.3. The first-order valence-corrected chi connectivity index (χ1v) is 7.90. The number of rotatable bonds is 3. The van der Waals surface area contributed by atoms with Gasteiger partial charge in [-0.15, -0.1) is 0 Å². The van der Waals surface area contributed by atoms with Crippen molar-refractivity contribution in [3.05, 3.63) is 65.0 Å². The minimum absolute atomic E-state index is 0.00487. The summed E-state index contributed by atoms with van der Waals surface area (Å²) >= 11 is 0. The maximum atomic E-state index is 14.1. The maximum absolute atomic E-state index is 14.1. The number of aryl methyl sites for hydroxylation is 1. The van der Waals surface area contributed by atoms with Crippen molar-refractivity contribution in [2.45, 2.75) is 31.3 Å². The normalized spacial score (nSPS) is 25.3. The van der Waals surface area contributed by atoms with Crippen molar-refractivity contribution in [1.29, 1.82) is 5.26 Å². The Balaban J connectivity index is 2.20. The van der Waals surface area contributed by atoms with E-state index in [-0.39, 0.29) is 12.2 Å². The second kappa shape index (κ2) is 5.89. The Kier molecular flexibility index (Phi) is 4.00. The van der Waals surface area contributed by atoms with Crippen molar-refractivity contribution in [2.24, 2.45) is 0 Å². The number of carbonyl (C=O) groups is 1. The van der Waals surface area contributed by atoms with Crippen LogP contribution in [0.4, 0.5) is 4.39 Å². The van der Waals surface area contributed by atoms with Crippen molar-refractivity contribution in [3.8, 4) is 11.8 Å². The minimum atomic E-state index is -1.53. The van der Waals surface area contributed by atoms with Gasteiger partial charge in [0.2, 0.25) is 5.60 Å². The Morgan fingerprint density at radius 1 is 1.20 bits per heavy atom. The molecule has 0 bridgehead atoms. The largest absolute Gasteiger partial charge is 0.497 e. The first-order chi connectivity index (χ1) is 11.9. The predicted molar refractivity (Wildman–Crippen MR) is 89.5 cm³/mol. The molecule has 0 aliphatic carbocycles. The van der Waals surface area contributed by atoms with E-state index >= 15 is 0 Å². The fourth-order valence-electron chi connectivity index (χ4n) is 3.39. The third-order valence-corrected chi connectivity index (χ3v) is 5.00. The molecule has 0 spiro atoms. The number of nitrogens with zero attached hydrogens (tertiary/aromatic N) is 1. The van der Waals surface area contributed by atoms with Crippen LogP contribution >= 0.6 is 0 Å². The first kappa shape index (κ1) is 17.0. The van der Waals surface area contributed by atoms with Gasteiger partial charge in [-0.3, -0.25) is 4.79 Å². The van der Waals surface area contributed by atoms with Gasteiger partial charge in [0, 0.05) is 5.56 Å². The molecule has 4 nitrogen and oxygen atoms in total. The highest BCUT2D eigenvalue weighted by molar-refractivity contribution is 5.77. The summed E-state index contributed by atoms with van der Waals surface area (Å²) in [6.07, 6.45) is -0.00487. The second-order valence-electron chi connectivity index (χ2n) is 6.47. The number of nitriles is 1. The molecule has 1 heterocycles. The molecule has 5 heteroatoms. The summed E-state index contributed by atoms with van der Waals surface area (Å²) in [5.74, 6) is -0.232. The fraction of sp³-hybridized carbons (Fsp3) is 0.300.